The van der Waals surface area contributed by atoms with Crippen molar-refractivity contribution in [2.45, 2.75) is 36.9 Å². The van der Waals surface area contributed by atoms with E-state index >= 15 is 0 Å². The summed E-state index contributed by atoms with van der Waals surface area (Å²) in [7, 11) is 1.71. The van der Waals surface area contributed by atoms with Crippen LogP contribution in [-0.2, 0) is 26.0 Å². The fourth-order valence-electron chi connectivity index (χ4n) is 4.60. The Balaban J connectivity index is 1.38. The van der Waals surface area contributed by atoms with Gasteiger partial charge in [-0.25, -0.2) is 0 Å². The van der Waals surface area contributed by atoms with Gasteiger partial charge < -0.3 is 9.47 Å². The fraction of sp³-hybridized carbons (Fsp3) is 0.280. The van der Waals surface area contributed by atoms with E-state index in [2.05, 4.69) is 41.3 Å². The second kappa shape index (κ2) is 7.77. The van der Waals surface area contributed by atoms with Gasteiger partial charge in [0.2, 0.25) is 0 Å². The van der Waals surface area contributed by atoms with Gasteiger partial charge in [-0.05, 0) is 58.9 Å². The smallest absolute Gasteiger partial charge is 0.132 e. The van der Waals surface area contributed by atoms with Crippen LogP contribution in [0.4, 0.5) is 0 Å². The Kier molecular flexibility index (Phi) is 4.98. The monoisotopic (exact) mass is 403 g/mol. The van der Waals surface area contributed by atoms with Crippen LogP contribution in [0, 0.1) is 0 Å². The third kappa shape index (κ3) is 3.52. The first kappa shape index (κ1) is 18.6. The fourth-order valence-corrected chi connectivity index (χ4v) is 4.98. The van der Waals surface area contributed by atoms with Crippen LogP contribution >= 0.6 is 12.6 Å². The number of hydrogen-bond acceptors (Lipinski definition) is 4. The van der Waals surface area contributed by atoms with Crippen molar-refractivity contribution in [2.24, 2.45) is 0 Å². The van der Waals surface area contributed by atoms with E-state index < -0.39 is 0 Å². The molecular formula is C25H25NO2S. The number of hydrogen-bond donors (Lipinski definition) is 1. The van der Waals surface area contributed by atoms with E-state index in [0.29, 0.717) is 12.6 Å². The third-order valence-corrected chi connectivity index (χ3v) is 6.66. The van der Waals surface area contributed by atoms with Crippen LogP contribution in [0.15, 0.2) is 65.6 Å². The van der Waals surface area contributed by atoms with Gasteiger partial charge in [0, 0.05) is 19.1 Å². The topological polar surface area (TPSA) is 21.7 Å². The van der Waals surface area contributed by atoms with Crippen LogP contribution in [0.5, 0.6) is 11.5 Å². The third-order valence-electron chi connectivity index (χ3n) is 6.17. The molecule has 3 aromatic carbocycles. The van der Waals surface area contributed by atoms with E-state index in [1.54, 1.807) is 7.11 Å². The van der Waals surface area contributed by atoms with Gasteiger partial charge in [0.15, 0.2) is 0 Å². The summed E-state index contributed by atoms with van der Waals surface area (Å²) in [6, 6.07) is 21.6. The van der Waals surface area contributed by atoms with Crippen LogP contribution in [0.25, 0.3) is 0 Å². The molecule has 1 atom stereocenters. The number of thiol groups is 1. The molecule has 148 valence electrons. The Labute approximate surface area is 177 Å². The number of methoxy groups -OCH3 is 1. The molecule has 0 radical (unpaired) electrons. The summed E-state index contributed by atoms with van der Waals surface area (Å²) in [6.45, 7) is 2.60. The summed E-state index contributed by atoms with van der Waals surface area (Å²) < 4.78 is 11.5. The van der Waals surface area contributed by atoms with Gasteiger partial charge in [-0.1, -0.05) is 42.5 Å². The molecule has 0 amide bonds. The van der Waals surface area contributed by atoms with Crippen molar-refractivity contribution in [2.75, 3.05) is 13.7 Å². The molecule has 0 aliphatic carbocycles. The maximum absolute atomic E-state index is 6.05. The zero-order valence-electron chi connectivity index (χ0n) is 16.6. The summed E-state index contributed by atoms with van der Waals surface area (Å²) in [5.74, 6) is 1.82. The number of benzene rings is 3. The summed E-state index contributed by atoms with van der Waals surface area (Å²) in [5.41, 5.74) is 6.74. The number of nitrogens with zero attached hydrogens (tertiary/aromatic N) is 1. The summed E-state index contributed by atoms with van der Waals surface area (Å²) in [6.07, 6.45) is 2.07. The summed E-state index contributed by atoms with van der Waals surface area (Å²) in [4.78, 5) is 3.56. The molecule has 1 unspecified atom stereocenters. The first-order valence-corrected chi connectivity index (χ1v) is 10.6. The Morgan fingerprint density at radius 3 is 2.72 bits per heavy atom. The molecule has 3 aromatic rings. The minimum atomic E-state index is 0.426. The Morgan fingerprint density at radius 2 is 1.90 bits per heavy atom. The molecule has 2 aliphatic rings. The normalized spacial score (nSPS) is 17.8. The molecule has 4 heteroatoms. The molecule has 5 rings (SSSR count). The Hall–Kier alpha value is -2.43. The minimum Gasteiger partial charge on any atom is -0.496 e. The highest BCUT2D eigenvalue weighted by Crippen LogP contribution is 2.42. The number of fused-ring (bicyclic) bond motifs is 4. The molecule has 2 aliphatic heterocycles. The first-order valence-electron chi connectivity index (χ1n) is 10.1. The molecular weight excluding hydrogens is 378 g/mol. The van der Waals surface area contributed by atoms with E-state index in [9.17, 15) is 0 Å². The lowest BCUT2D eigenvalue weighted by molar-refractivity contribution is 0.158. The van der Waals surface area contributed by atoms with E-state index in [0.717, 1.165) is 42.3 Å². The standard InChI is InChI=1S/C25H25NO2S/c1-27-24-10-7-18-14-23-21-9-8-20(28-16-17-5-3-2-4-6-17)13-19(21)11-12-26(23)15-22(18)25(24)29/h2-10,13,23,29H,11-12,14-16H2,1H3. The predicted molar refractivity (Wildman–Crippen MR) is 118 cm³/mol. The van der Waals surface area contributed by atoms with Crippen molar-refractivity contribution in [3.05, 3.63) is 88.5 Å². The van der Waals surface area contributed by atoms with Crippen molar-refractivity contribution < 1.29 is 9.47 Å². The van der Waals surface area contributed by atoms with Crippen molar-refractivity contribution in [1.29, 1.82) is 0 Å². The zero-order chi connectivity index (χ0) is 19.8. The van der Waals surface area contributed by atoms with Gasteiger partial charge in [0.05, 0.1) is 12.0 Å². The van der Waals surface area contributed by atoms with E-state index in [4.69, 9.17) is 22.1 Å². The highest BCUT2D eigenvalue weighted by molar-refractivity contribution is 7.80. The number of rotatable bonds is 4. The van der Waals surface area contributed by atoms with Gasteiger partial charge in [0.1, 0.15) is 18.1 Å². The molecule has 0 saturated carbocycles. The minimum absolute atomic E-state index is 0.426. The van der Waals surface area contributed by atoms with Gasteiger partial charge in [-0.15, -0.1) is 12.6 Å². The SMILES string of the molecule is COc1ccc2c(c1S)CN1CCc3cc(OCc4ccccc4)ccc3C1C2. The lowest BCUT2D eigenvalue weighted by atomic mass is 9.84. The lowest BCUT2D eigenvalue weighted by Gasteiger charge is -2.42. The largest absolute Gasteiger partial charge is 0.496 e. The molecule has 0 saturated heterocycles. The van der Waals surface area contributed by atoms with Gasteiger partial charge >= 0.3 is 0 Å². The molecule has 29 heavy (non-hydrogen) atoms. The molecule has 3 nitrogen and oxygen atoms in total. The van der Waals surface area contributed by atoms with Crippen molar-refractivity contribution in [3.63, 3.8) is 0 Å². The Morgan fingerprint density at radius 1 is 1.03 bits per heavy atom. The maximum atomic E-state index is 6.05. The van der Waals surface area contributed by atoms with Crippen LogP contribution in [0.3, 0.4) is 0 Å². The molecule has 2 heterocycles. The molecule has 0 fully saturated rings. The van der Waals surface area contributed by atoms with Crippen molar-refractivity contribution in [1.82, 2.24) is 4.90 Å². The van der Waals surface area contributed by atoms with Gasteiger partial charge in [0.25, 0.3) is 0 Å². The average molecular weight is 404 g/mol. The van der Waals surface area contributed by atoms with Crippen molar-refractivity contribution >= 4 is 12.6 Å². The number of ether oxygens (including phenoxy) is 2. The van der Waals surface area contributed by atoms with E-state index in [1.807, 2.05) is 24.3 Å². The first-order chi connectivity index (χ1) is 14.2. The van der Waals surface area contributed by atoms with Crippen molar-refractivity contribution in [3.8, 4) is 11.5 Å². The second-order valence-electron chi connectivity index (χ2n) is 7.83. The van der Waals surface area contributed by atoms with Crippen LogP contribution in [-0.4, -0.2) is 18.6 Å². The quantitative estimate of drug-likeness (QED) is 0.604. The average Bonchev–Trinajstić information content (AvgIpc) is 2.77. The second-order valence-corrected chi connectivity index (χ2v) is 8.28. The molecule has 0 bridgehead atoms. The molecule has 0 spiro atoms. The predicted octanol–water partition coefficient (Wildman–Crippen LogP) is 5.22. The van der Waals surface area contributed by atoms with E-state index in [-0.39, 0.29) is 0 Å². The lowest BCUT2D eigenvalue weighted by Crippen LogP contribution is -2.39. The van der Waals surface area contributed by atoms with Gasteiger partial charge in [-0.3, -0.25) is 4.90 Å². The van der Waals surface area contributed by atoms with Gasteiger partial charge in [-0.2, -0.15) is 0 Å². The zero-order valence-corrected chi connectivity index (χ0v) is 17.5. The van der Waals surface area contributed by atoms with E-state index in [1.165, 1.54) is 27.8 Å². The molecule has 0 aromatic heterocycles. The van der Waals surface area contributed by atoms with Crippen LogP contribution in [0.2, 0.25) is 0 Å². The van der Waals surface area contributed by atoms with Crippen LogP contribution in [0.1, 0.15) is 33.9 Å². The highest BCUT2D eigenvalue weighted by atomic mass is 32.1. The highest BCUT2D eigenvalue weighted by Gasteiger charge is 2.33. The summed E-state index contributed by atoms with van der Waals surface area (Å²) in [5, 5.41) is 0. The molecule has 0 N–H and O–H groups in total. The Bertz CT molecular complexity index is 1030. The summed E-state index contributed by atoms with van der Waals surface area (Å²) >= 11 is 4.74. The maximum Gasteiger partial charge on any atom is 0.132 e. The van der Waals surface area contributed by atoms with Crippen LogP contribution < -0.4 is 9.47 Å².